The first-order chi connectivity index (χ1) is 16.3. The summed E-state index contributed by atoms with van der Waals surface area (Å²) in [6, 6.07) is 15.9. The number of benzene rings is 2. The Kier molecular flexibility index (Phi) is 6.03. The summed E-state index contributed by atoms with van der Waals surface area (Å²) in [6.07, 6.45) is 1.78. The molecule has 33 heavy (non-hydrogen) atoms. The number of rotatable bonds is 7. The molecule has 2 aliphatic heterocycles. The highest BCUT2D eigenvalue weighted by molar-refractivity contribution is 6.03. The maximum Gasteiger partial charge on any atom is 0.238 e. The summed E-state index contributed by atoms with van der Waals surface area (Å²) < 4.78 is 18.4. The number of nitrogens with one attached hydrogen (secondary N) is 3. The van der Waals surface area contributed by atoms with E-state index in [-0.39, 0.29) is 6.04 Å². The smallest absolute Gasteiger partial charge is 0.238 e. The van der Waals surface area contributed by atoms with Gasteiger partial charge in [0.05, 0.1) is 25.0 Å². The third-order valence-corrected chi connectivity index (χ3v) is 5.50. The molecule has 0 saturated carbocycles. The van der Waals surface area contributed by atoms with Crippen molar-refractivity contribution >= 4 is 11.7 Å². The van der Waals surface area contributed by atoms with Crippen molar-refractivity contribution in [2.75, 3.05) is 27.6 Å². The Morgan fingerprint density at radius 3 is 2.85 bits per heavy atom. The van der Waals surface area contributed by atoms with Crippen LogP contribution in [0.25, 0.3) is 5.69 Å². The molecule has 0 saturated heterocycles. The van der Waals surface area contributed by atoms with Crippen LogP contribution >= 0.6 is 0 Å². The molecule has 3 aromatic rings. The van der Waals surface area contributed by atoms with Crippen LogP contribution in [0.15, 0.2) is 64.8 Å². The standard InChI is InChI=1S/C23H25N7O3/c1-31-14-26-29-28-22-17-10-16(32-2)8-9-19(17)30-13-25-21(20(30)11-24-22)23-27-18(12-33-23)15-6-4-3-5-7-15/h3-10,13,18,26,29H,11-12,14H2,1-2H3,(H,24,28)/t18-/m1/s1. The Morgan fingerprint density at radius 2 is 2.03 bits per heavy atom. The van der Waals surface area contributed by atoms with Crippen molar-refractivity contribution in [1.82, 2.24) is 25.9 Å². The lowest BCUT2D eigenvalue weighted by Gasteiger charge is -2.15. The summed E-state index contributed by atoms with van der Waals surface area (Å²) in [5.41, 5.74) is 13.4. The molecule has 0 aliphatic carbocycles. The summed E-state index contributed by atoms with van der Waals surface area (Å²) in [7, 11) is 3.25. The number of imidazole rings is 1. The Balaban J connectivity index is 1.50. The van der Waals surface area contributed by atoms with Gasteiger partial charge in [0.2, 0.25) is 5.90 Å². The molecule has 0 spiro atoms. The van der Waals surface area contributed by atoms with Crippen LogP contribution in [0.3, 0.4) is 0 Å². The number of hydrogen-bond acceptors (Lipinski definition) is 9. The lowest BCUT2D eigenvalue weighted by molar-refractivity contribution is 0.158. The minimum absolute atomic E-state index is 0.0438. The van der Waals surface area contributed by atoms with E-state index in [1.54, 1.807) is 20.5 Å². The molecule has 2 aromatic carbocycles. The minimum Gasteiger partial charge on any atom is -0.497 e. The molecule has 10 heteroatoms. The number of amidine groups is 1. The van der Waals surface area contributed by atoms with E-state index in [2.05, 4.69) is 33.5 Å². The van der Waals surface area contributed by atoms with Crippen molar-refractivity contribution in [2.24, 2.45) is 9.98 Å². The number of hydrazine groups is 2. The van der Waals surface area contributed by atoms with Crippen LogP contribution in [-0.4, -0.2) is 48.8 Å². The number of nitrogens with zero attached hydrogens (tertiary/aromatic N) is 4. The Labute approximate surface area is 191 Å². The number of aliphatic imine (C=N–C) groups is 2. The topological polar surface area (TPSA) is 106 Å². The van der Waals surface area contributed by atoms with Gasteiger partial charge in [0, 0.05) is 12.7 Å². The van der Waals surface area contributed by atoms with E-state index in [0.717, 1.165) is 28.3 Å². The monoisotopic (exact) mass is 447 g/mol. The first-order valence-corrected chi connectivity index (χ1v) is 10.6. The van der Waals surface area contributed by atoms with Gasteiger partial charge in [-0.3, -0.25) is 15.0 Å². The molecule has 5 rings (SSSR count). The van der Waals surface area contributed by atoms with Gasteiger partial charge in [0.15, 0.2) is 0 Å². The van der Waals surface area contributed by atoms with Gasteiger partial charge in [0.1, 0.15) is 43.0 Å². The van der Waals surface area contributed by atoms with Crippen molar-refractivity contribution in [2.45, 2.75) is 12.6 Å². The van der Waals surface area contributed by atoms with Gasteiger partial charge in [0.25, 0.3) is 0 Å². The minimum atomic E-state index is -0.0438. The third-order valence-electron chi connectivity index (χ3n) is 5.50. The van der Waals surface area contributed by atoms with Crippen molar-refractivity contribution in [3.63, 3.8) is 0 Å². The fourth-order valence-electron chi connectivity index (χ4n) is 3.86. The van der Waals surface area contributed by atoms with Crippen molar-refractivity contribution in [1.29, 1.82) is 0 Å². The summed E-state index contributed by atoms with van der Waals surface area (Å²) in [6.45, 7) is 1.21. The van der Waals surface area contributed by atoms with E-state index in [4.69, 9.17) is 24.2 Å². The average molecular weight is 447 g/mol. The number of fused-ring (bicyclic) bond motifs is 3. The molecule has 10 nitrogen and oxygen atoms in total. The van der Waals surface area contributed by atoms with Crippen LogP contribution < -0.4 is 21.1 Å². The molecular weight excluding hydrogens is 422 g/mol. The second kappa shape index (κ2) is 9.41. The van der Waals surface area contributed by atoms with Gasteiger partial charge in [-0.15, -0.1) is 0 Å². The van der Waals surface area contributed by atoms with E-state index >= 15 is 0 Å². The molecule has 0 radical (unpaired) electrons. The fraction of sp³-hybridized carbons (Fsp3) is 0.261. The van der Waals surface area contributed by atoms with Crippen LogP contribution in [0.5, 0.6) is 5.75 Å². The first kappa shape index (κ1) is 21.1. The van der Waals surface area contributed by atoms with Crippen molar-refractivity contribution in [3.05, 3.63) is 77.4 Å². The SMILES string of the molecule is COCNNNC1=NCc2c(C3=N[C@@H](c4ccccc4)CO3)ncn2-c2ccc(OC)cc21. The normalized spacial score (nSPS) is 16.7. The average Bonchev–Trinajstić information content (AvgIpc) is 3.48. The van der Waals surface area contributed by atoms with E-state index in [1.807, 2.05) is 41.0 Å². The molecule has 0 unspecified atom stereocenters. The van der Waals surface area contributed by atoms with Crippen LogP contribution in [0, 0.1) is 0 Å². The molecule has 170 valence electrons. The molecule has 0 bridgehead atoms. The van der Waals surface area contributed by atoms with Crippen molar-refractivity contribution in [3.8, 4) is 11.4 Å². The van der Waals surface area contributed by atoms with Gasteiger partial charge in [-0.05, 0) is 23.8 Å². The van der Waals surface area contributed by atoms with Gasteiger partial charge in [-0.25, -0.2) is 15.4 Å². The summed E-state index contributed by atoms with van der Waals surface area (Å²) in [4.78, 5) is 14.3. The van der Waals surface area contributed by atoms with Gasteiger partial charge in [-0.2, -0.15) is 5.53 Å². The molecule has 0 amide bonds. The highest BCUT2D eigenvalue weighted by Crippen LogP contribution is 2.30. The fourth-order valence-corrected chi connectivity index (χ4v) is 3.86. The molecule has 3 N–H and O–H groups in total. The number of aromatic nitrogens is 2. The highest BCUT2D eigenvalue weighted by Gasteiger charge is 2.28. The summed E-state index contributed by atoms with van der Waals surface area (Å²) in [5, 5.41) is 0. The summed E-state index contributed by atoms with van der Waals surface area (Å²) >= 11 is 0. The van der Waals surface area contributed by atoms with Crippen LogP contribution in [0.2, 0.25) is 0 Å². The zero-order valence-electron chi connectivity index (χ0n) is 18.4. The predicted octanol–water partition coefficient (Wildman–Crippen LogP) is 1.86. The van der Waals surface area contributed by atoms with E-state index < -0.39 is 0 Å². The lowest BCUT2D eigenvalue weighted by Crippen LogP contribution is -2.47. The predicted molar refractivity (Wildman–Crippen MR) is 123 cm³/mol. The maximum atomic E-state index is 5.97. The molecule has 2 aliphatic rings. The molecule has 3 heterocycles. The quantitative estimate of drug-likeness (QED) is 0.288. The van der Waals surface area contributed by atoms with Gasteiger partial charge in [-0.1, -0.05) is 30.3 Å². The lowest BCUT2D eigenvalue weighted by atomic mass is 10.1. The molecule has 1 aromatic heterocycles. The zero-order chi connectivity index (χ0) is 22.6. The third kappa shape index (κ3) is 4.19. The number of ether oxygens (including phenoxy) is 3. The highest BCUT2D eigenvalue weighted by atomic mass is 16.5. The summed E-state index contributed by atoms with van der Waals surface area (Å²) in [5.74, 6) is 1.92. The maximum absolute atomic E-state index is 5.97. The van der Waals surface area contributed by atoms with Gasteiger partial charge >= 0.3 is 0 Å². The Bertz CT molecular complexity index is 1190. The second-order valence-electron chi connectivity index (χ2n) is 7.49. The first-order valence-electron chi connectivity index (χ1n) is 10.6. The molecular formula is C23H25N7O3. The van der Waals surface area contributed by atoms with Crippen molar-refractivity contribution < 1.29 is 14.2 Å². The zero-order valence-corrected chi connectivity index (χ0v) is 18.4. The number of hydrogen-bond donors (Lipinski definition) is 3. The number of methoxy groups -OCH3 is 2. The van der Waals surface area contributed by atoms with Crippen LogP contribution in [0.4, 0.5) is 0 Å². The van der Waals surface area contributed by atoms with E-state index in [0.29, 0.717) is 37.3 Å². The largest absolute Gasteiger partial charge is 0.497 e. The Hall–Kier alpha value is -3.73. The van der Waals surface area contributed by atoms with Crippen LogP contribution in [-0.2, 0) is 16.0 Å². The van der Waals surface area contributed by atoms with E-state index in [9.17, 15) is 0 Å². The molecule has 0 fully saturated rings. The molecule has 1 atom stereocenters. The van der Waals surface area contributed by atoms with Crippen LogP contribution in [0.1, 0.15) is 28.6 Å². The van der Waals surface area contributed by atoms with Gasteiger partial charge < -0.3 is 14.2 Å². The Morgan fingerprint density at radius 1 is 1.15 bits per heavy atom. The second-order valence-corrected chi connectivity index (χ2v) is 7.49. The van der Waals surface area contributed by atoms with E-state index in [1.165, 1.54) is 0 Å².